The van der Waals surface area contributed by atoms with Crippen LogP contribution in [0.5, 0.6) is 0 Å². The summed E-state index contributed by atoms with van der Waals surface area (Å²) in [5.74, 6) is 0.955. The van der Waals surface area contributed by atoms with E-state index in [1.807, 2.05) is 19.3 Å². The number of halogens is 1. The molecule has 1 unspecified atom stereocenters. The maximum atomic E-state index is 6.34. The van der Waals surface area contributed by atoms with Crippen LogP contribution in [0.4, 0.5) is 5.82 Å². The monoisotopic (exact) mass is 253 g/mol. The van der Waals surface area contributed by atoms with Crippen molar-refractivity contribution in [2.24, 2.45) is 0 Å². The molecular formula is C13H20ClN3. The number of rotatable bonds is 4. The number of aromatic nitrogens is 1. The van der Waals surface area contributed by atoms with Crippen molar-refractivity contribution in [3.05, 3.63) is 22.8 Å². The lowest BCUT2D eigenvalue weighted by atomic mass is 10.1. The Balaban J connectivity index is 2.20. The van der Waals surface area contributed by atoms with Gasteiger partial charge in [0.2, 0.25) is 0 Å². The third-order valence-electron chi connectivity index (χ3n) is 3.38. The smallest absolute Gasteiger partial charge is 0.147 e. The van der Waals surface area contributed by atoms with E-state index in [1.165, 1.54) is 12.8 Å². The molecule has 17 heavy (non-hydrogen) atoms. The van der Waals surface area contributed by atoms with Crippen LogP contribution in [0.3, 0.4) is 0 Å². The van der Waals surface area contributed by atoms with Crippen LogP contribution < -0.4 is 10.2 Å². The predicted molar refractivity (Wildman–Crippen MR) is 72.7 cm³/mol. The van der Waals surface area contributed by atoms with E-state index in [1.54, 1.807) is 0 Å². The van der Waals surface area contributed by atoms with E-state index < -0.39 is 0 Å². The molecule has 0 aromatic carbocycles. The van der Waals surface area contributed by atoms with Crippen molar-refractivity contribution in [2.45, 2.75) is 38.8 Å². The van der Waals surface area contributed by atoms with Crippen molar-refractivity contribution >= 4 is 17.4 Å². The molecule has 0 saturated carbocycles. The number of anilines is 1. The van der Waals surface area contributed by atoms with Gasteiger partial charge in [-0.1, -0.05) is 18.5 Å². The van der Waals surface area contributed by atoms with Gasteiger partial charge in [0.05, 0.1) is 5.02 Å². The number of hydrogen-bond acceptors (Lipinski definition) is 3. The Morgan fingerprint density at radius 2 is 2.41 bits per heavy atom. The molecule has 2 rings (SSSR count). The summed E-state index contributed by atoms with van der Waals surface area (Å²) in [7, 11) is 1.93. The maximum absolute atomic E-state index is 6.34. The molecule has 1 N–H and O–H groups in total. The molecule has 2 heterocycles. The van der Waals surface area contributed by atoms with E-state index in [2.05, 4.69) is 22.1 Å². The molecule has 3 nitrogen and oxygen atoms in total. The van der Waals surface area contributed by atoms with E-state index in [-0.39, 0.29) is 0 Å². The summed E-state index contributed by atoms with van der Waals surface area (Å²) >= 11 is 6.34. The van der Waals surface area contributed by atoms with Crippen LogP contribution in [0, 0.1) is 0 Å². The third-order valence-corrected chi connectivity index (χ3v) is 3.66. The fourth-order valence-electron chi connectivity index (χ4n) is 2.52. The van der Waals surface area contributed by atoms with E-state index in [4.69, 9.17) is 11.6 Å². The Bertz CT molecular complexity index is 381. The summed E-state index contributed by atoms with van der Waals surface area (Å²) in [5.41, 5.74) is 1.13. The molecule has 1 atom stereocenters. The minimum absolute atomic E-state index is 0.607. The highest BCUT2D eigenvalue weighted by Gasteiger charge is 2.25. The molecule has 1 aromatic rings. The Labute approximate surface area is 108 Å². The second-order valence-corrected chi connectivity index (χ2v) is 4.98. The largest absolute Gasteiger partial charge is 0.352 e. The molecule has 0 amide bonds. The summed E-state index contributed by atoms with van der Waals surface area (Å²) in [6.45, 7) is 4.12. The van der Waals surface area contributed by atoms with Gasteiger partial charge in [-0.3, -0.25) is 0 Å². The first-order valence-corrected chi connectivity index (χ1v) is 6.69. The van der Waals surface area contributed by atoms with Crippen LogP contribution in [-0.4, -0.2) is 24.6 Å². The van der Waals surface area contributed by atoms with Gasteiger partial charge in [0.1, 0.15) is 5.82 Å². The Morgan fingerprint density at radius 3 is 3.06 bits per heavy atom. The second-order valence-electron chi connectivity index (χ2n) is 4.58. The second kappa shape index (κ2) is 5.69. The van der Waals surface area contributed by atoms with Crippen LogP contribution >= 0.6 is 11.6 Å². The van der Waals surface area contributed by atoms with Crippen molar-refractivity contribution in [3.8, 4) is 0 Å². The molecule has 1 fully saturated rings. The lowest BCUT2D eigenvalue weighted by molar-refractivity contribution is 0.640. The first-order valence-electron chi connectivity index (χ1n) is 6.32. The Kier molecular flexibility index (Phi) is 4.24. The SMILES string of the molecule is CCC1CCCN1c1ncc(CNC)cc1Cl. The van der Waals surface area contributed by atoms with Crippen LogP contribution in [0.1, 0.15) is 31.7 Å². The van der Waals surface area contributed by atoms with Gasteiger partial charge in [-0.25, -0.2) is 4.98 Å². The minimum atomic E-state index is 0.607. The fourth-order valence-corrected chi connectivity index (χ4v) is 2.82. The molecule has 1 aromatic heterocycles. The van der Waals surface area contributed by atoms with Gasteiger partial charge in [0.15, 0.2) is 0 Å². The van der Waals surface area contributed by atoms with E-state index in [9.17, 15) is 0 Å². The molecule has 94 valence electrons. The average molecular weight is 254 g/mol. The number of hydrogen-bond donors (Lipinski definition) is 1. The molecule has 1 aliphatic heterocycles. The fraction of sp³-hybridized carbons (Fsp3) is 0.615. The normalized spacial score (nSPS) is 19.9. The van der Waals surface area contributed by atoms with Crippen LogP contribution in [-0.2, 0) is 6.54 Å². The lowest BCUT2D eigenvalue weighted by Gasteiger charge is -2.25. The highest BCUT2D eigenvalue weighted by Crippen LogP contribution is 2.31. The van der Waals surface area contributed by atoms with Crippen LogP contribution in [0.2, 0.25) is 5.02 Å². The summed E-state index contributed by atoms with van der Waals surface area (Å²) in [6.07, 6.45) is 5.58. The number of pyridine rings is 1. The van der Waals surface area contributed by atoms with E-state index in [0.29, 0.717) is 6.04 Å². The van der Waals surface area contributed by atoms with Gasteiger partial charge in [-0.05, 0) is 37.9 Å². The summed E-state index contributed by atoms with van der Waals surface area (Å²) in [4.78, 5) is 6.88. The quantitative estimate of drug-likeness (QED) is 0.895. The standard InChI is InChI=1S/C13H20ClN3/c1-3-11-5-4-6-17(11)13-12(14)7-10(8-15-2)9-16-13/h7,9,11,15H,3-6,8H2,1-2H3. The molecule has 1 aliphatic rings. The molecule has 0 radical (unpaired) electrons. The molecule has 4 heteroatoms. The van der Waals surface area contributed by atoms with Crippen molar-refractivity contribution in [2.75, 3.05) is 18.5 Å². The molecule has 0 bridgehead atoms. The minimum Gasteiger partial charge on any atom is -0.352 e. The number of nitrogens with zero attached hydrogens (tertiary/aromatic N) is 2. The molecule has 0 spiro atoms. The summed E-state index contributed by atoms with van der Waals surface area (Å²) in [5, 5.41) is 3.88. The van der Waals surface area contributed by atoms with Crippen molar-refractivity contribution in [3.63, 3.8) is 0 Å². The first kappa shape index (κ1) is 12.7. The topological polar surface area (TPSA) is 28.2 Å². The molecule has 0 aliphatic carbocycles. The Morgan fingerprint density at radius 1 is 1.59 bits per heavy atom. The maximum Gasteiger partial charge on any atom is 0.147 e. The van der Waals surface area contributed by atoms with Crippen LogP contribution in [0.15, 0.2) is 12.3 Å². The summed E-state index contributed by atoms with van der Waals surface area (Å²) in [6, 6.07) is 2.63. The van der Waals surface area contributed by atoms with Crippen molar-refractivity contribution in [1.82, 2.24) is 10.3 Å². The van der Waals surface area contributed by atoms with Gasteiger partial charge < -0.3 is 10.2 Å². The highest BCUT2D eigenvalue weighted by atomic mass is 35.5. The van der Waals surface area contributed by atoms with Gasteiger partial charge in [-0.2, -0.15) is 0 Å². The lowest BCUT2D eigenvalue weighted by Crippen LogP contribution is -2.29. The number of nitrogens with one attached hydrogen (secondary N) is 1. The highest BCUT2D eigenvalue weighted by molar-refractivity contribution is 6.33. The van der Waals surface area contributed by atoms with Gasteiger partial charge >= 0.3 is 0 Å². The van der Waals surface area contributed by atoms with Crippen molar-refractivity contribution < 1.29 is 0 Å². The molecular weight excluding hydrogens is 234 g/mol. The van der Waals surface area contributed by atoms with Gasteiger partial charge in [-0.15, -0.1) is 0 Å². The first-order chi connectivity index (χ1) is 8.26. The summed E-state index contributed by atoms with van der Waals surface area (Å²) < 4.78 is 0. The molecule has 1 saturated heterocycles. The third kappa shape index (κ3) is 2.72. The van der Waals surface area contributed by atoms with E-state index in [0.717, 1.165) is 35.9 Å². The van der Waals surface area contributed by atoms with Gasteiger partial charge in [0.25, 0.3) is 0 Å². The van der Waals surface area contributed by atoms with Gasteiger partial charge in [0, 0.05) is 25.3 Å². The zero-order valence-corrected chi connectivity index (χ0v) is 11.3. The van der Waals surface area contributed by atoms with E-state index >= 15 is 0 Å². The predicted octanol–water partition coefficient (Wildman–Crippen LogP) is 2.83. The average Bonchev–Trinajstić information content (AvgIpc) is 2.77. The zero-order valence-electron chi connectivity index (χ0n) is 10.5. The van der Waals surface area contributed by atoms with Crippen molar-refractivity contribution in [1.29, 1.82) is 0 Å². The van der Waals surface area contributed by atoms with Crippen LogP contribution in [0.25, 0.3) is 0 Å². The zero-order chi connectivity index (χ0) is 12.3. The Hall–Kier alpha value is -0.800.